The molecule has 0 amide bonds. The second-order valence-electron chi connectivity index (χ2n) is 9.67. The van der Waals surface area contributed by atoms with E-state index in [0.29, 0.717) is 0 Å². The fourth-order valence-corrected chi connectivity index (χ4v) is 6.03. The minimum absolute atomic E-state index is 1.06. The second kappa shape index (κ2) is 7.96. The molecule has 0 aliphatic heterocycles. The maximum atomic E-state index is 2.37. The fourth-order valence-electron chi connectivity index (χ4n) is 6.03. The van der Waals surface area contributed by atoms with E-state index in [1.165, 1.54) is 71.3 Å². The third-order valence-electron chi connectivity index (χ3n) is 7.66. The molecule has 1 aliphatic rings. The van der Waals surface area contributed by atoms with Crippen LogP contribution in [0.5, 0.6) is 0 Å². The number of hydrogen-bond acceptors (Lipinski definition) is 0. The Bertz CT molecular complexity index is 1800. The van der Waals surface area contributed by atoms with Gasteiger partial charge in [-0.15, -0.1) is 0 Å². The summed E-state index contributed by atoms with van der Waals surface area (Å²) in [6.07, 6.45) is 6.86. The van der Waals surface area contributed by atoms with Gasteiger partial charge in [0.15, 0.2) is 0 Å². The topological polar surface area (TPSA) is 0 Å². The summed E-state index contributed by atoms with van der Waals surface area (Å²) in [7, 11) is 0. The fraction of sp³-hybridized carbons (Fsp3) is 0.0857. The van der Waals surface area contributed by atoms with Crippen molar-refractivity contribution in [1.29, 1.82) is 0 Å². The van der Waals surface area contributed by atoms with Crippen LogP contribution in [0.4, 0.5) is 0 Å². The van der Waals surface area contributed by atoms with E-state index in [-0.39, 0.29) is 0 Å². The molecule has 6 aromatic rings. The van der Waals surface area contributed by atoms with Gasteiger partial charge in [0.1, 0.15) is 0 Å². The van der Waals surface area contributed by atoms with Crippen LogP contribution in [0.2, 0.25) is 0 Å². The molecular weight excluding hydrogens is 420 g/mol. The smallest absolute Gasteiger partial charge is 0.00295 e. The molecule has 0 heteroatoms. The summed E-state index contributed by atoms with van der Waals surface area (Å²) >= 11 is 0. The Balaban J connectivity index is 1.62. The Hall–Kier alpha value is -4.16. The average molecular weight is 447 g/mol. The third kappa shape index (κ3) is 3.14. The SMILES string of the molecule is Cc1cccc2c(-c3c4c(c(-c5ccc6ccccc6c5)c5ccccc35)C=CCC4)cccc12. The number of hydrogen-bond donors (Lipinski definition) is 0. The molecule has 0 nitrogen and oxygen atoms in total. The Morgan fingerprint density at radius 1 is 0.571 bits per heavy atom. The van der Waals surface area contributed by atoms with Gasteiger partial charge in [-0.05, 0) is 97.1 Å². The van der Waals surface area contributed by atoms with Crippen molar-refractivity contribution >= 4 is 38.4 Å². The van der Waals surface area contributed by atoms with Crippen LogP contribution in [0.3, 0.4) is 0 Å². The Labute approximate surface area is 206 Å². The van der Waals surface area contributed by atoms with Crippen LogP contribution < -0.4 is 0 Å². The van der Waals surface area contributed by atoms with Gasteiger partial charge in [-0.2, -0.15) is 0 Å². The van der Waals surface area contributed by atoms with Crippen LogP contribution in [0.1, 0.15) is 23.1 Å². The summed E-state index contributed by atoms with van der Waals surface area (Å²) in [5, 5.41) is 7.93. The van der Waals surface area contributed by atoms with Gasteiger partial charge in [0, 0.05) is 0 Å². The van der Waals surface area contributed by atoms with Crippen molar-refractivity contribution in [3.8, 4) is 22.3 Å². The predicted molar refractivity (Wildman–Crippen MR) is 152 cm³/mol. The summed E-state index contributed by atoms with van der Waals surface area (Å²) in [6.45, 7) is 2.21. The molecule has 0 heterocycles. The van der Waals surface area contributed by atoms with E-state index in [9.17, 15) is 0 Å². The standard InChI is InChI=1S/C35H26/c1-23-10-8-18-28-27(23)17-9-19-29(28)35-32-15-6-4-13-30(32)34(31-14-5-7-16-33(31)35)26-21-20-24-11-2-3-12-25(24)22-26/h2-6,8-15,17-22H,7,16H2,1H3. The number of rotatable bonds is 2. The van der Waals surface area contributed by atoms with Gasteiger partial charge < -0.3 is 0 Å². The molecule has 166 valence electrons. The van der Waals surface area contributed by atoms with Crippen molar-refractivity contribution in [3.05, 3.63) is 126 Å². The zero-order valence-corrected chi connectivity index (χ0v) is 19.9. The number of benzene rings is 6. The first-order valence-corrected chi connectivity index (χ1v) is 12.5. The maximum absolute atomic E-state index is 2.37. The quantitative estimate of drug-likeness (QED) is 0.248. The van der Waals surface area contributed by atoms with Gasteiger partial charge in [-0.25, -0.2) is 0 Å². The van der Waals surface area contributed by atoms with Crippen molar-refractivity contribution in [3.63, 3.8) is 0 Å². The van der Waals surface area contributed by atoms with Crippen LogP contribution in [0, 0.1) is 6.92 Å². The van der Waals surface area contributed by atoms with Crippen molar-refractivity contribution in [2.24, 2.45) is 0 Å². The molecule has 0 spiro atoms. The third-order valence-corrected chi connectivity index (χ3v) is 7.66. The van der Waals surface area contributed by atoms with Crippen molar-refractivity contribution in [2.45, 2.75) is 19.8 Å². The molecule has 1 aliphatic carbocycles. The molecule has 0 radical (unpaired) electrons. The lowest BCUT2D eigenvalue weighted by Crippen LogP contribution is -2.03. The first kappa shape index (κ1) is 20.2. The lowest BCUT2D eigenvalue weighted by molar-refractivity contribution is 0.992. The highest BCUT2D eigenvalue weighted by Gasteiger charge is 2.22. The van der Waals surface area contributed by atoms with E-state index in [1.807, 2.05) is 0 Å². The summed E-state index contributed by atoms with van der Waals surface area (Å²) in [4.78, 5) is 0. The highest BCUT2D eigenvalue weighted by atomic mass is 14.3. The lowest BCUT2D eigenvalue weighted by atomic mass is 9.79. The predicted octanol–water partition coefficient (Wildman–Crippen LogP) is 9.75. The van der Waals surface area contributed by atoms with Crippen LogP contribution >= 0.6 is 0 Å². The normalized spacial score (nSPS) is 12.9. The molecule has 35 heavy (non-hydrogen) atoms. The Morgan fingerprint density at radius 2 is 1.29 bits per heavy atom. The van der Waals surface area contributed by atoms with Gasteiger partial charge in [0.25, 0.3) is 0 Å². The molecule has 7 rings (SSSR count). The van der Waals surface area contributed by atoms with E-state index < -0.39 is 0 Å². The van der Waals surface area contributed by atoms with Gasteiger partial charge in [0.2, 0.25) is 0 Å². The van der Waals surface area contributed by atoms with E-state index >= 15 is 0 Å². The summed E-state index contributed by atoms with van der Waals surface area (Å²) in [6, 6.07) is 38.1. The number of aryl methyl sites for hydroxylation is 1. The van der Waals surface area contributed by atoms with E-state index in [2.05, 4.69) is 122 Å². The van der Waals surface area contributed by atoms with Gasteiger partial charge >= 0.3 is 0 Å². The van der Waals surface area contributed by atoms with Crippen LogP contribution in [0.15, 0.2) is 109 Å². The van der Waals surface area contributed by atoms with Crippen LogP contribution in [-0.2, 0) is 6.42 Å². The minimum atomic E-state index is 1.06. The maximum Gasteiger partial charge on any atom is -0.00295 e. The first-order chi connectivity index (χ1) is 17.3. The summed E-state index contributed by atoms with van der Waals surface area (Å²) < 4.78 is 0. The monoisotopic (exact) mass is 446 g/mol. The molecule has 0 N–H and O–H groups in total. The van der Waals surface area contributed by atoms with Gasteiger partial charge in [-0.3, -0.25) is 0 Å². The molecule has 6 aromatic carbocycles. The molecule has 0 fully saturated rings. The van der Waals surface area contributed by atoms with Gasteiger partial charge in [0.05, 0.1) is 0 Å². The molecule has 0 bridgehead atoms. The van der Waals surface area contributed by atoms with Crippen LogP contribution in [-0.4, -0.2) is 0 Å². The van der Waals surface area contributed by atoms with E-state index in [4.69, 9.17) is 0 Å². The molecule has 0 saturated heterocycles. The van der Waals surface area contributed by atoms with Crippen molar-refractivity contribution in [2.75, 3.05) is 0 Å². The average Bonchev–Trinajstić information content (AvgIpc) is 2.91. The number of fused-ring (bicyclic) bond motifs is 4. The van der Waals surface area contributed by atoms with E-state index in [0.717, 1.165) is 12.8 Å². The first-order valence-electron chi connectivity index (χ1n) is 12.5. The molecule has 0 saturated carbocycles. The zero-order chi connectivity index (χ0) is 23.4. The zero-order valence-electron chi connectivity index (χ0n) is 19.9. The second-order valence-corrected chi connectivity index (χ2v) is 9.67. The molecule has 0 atom stereocenters. The summed E-state index contributed by atoms with van der Waals surface area (Å²) in [5.41, 5.74) is 9.59. The van der Waals surface area contributed by atoms with E-state index in [1.54, 1.807) is 0 Å². The van der Waals surface area contributed by atoms with Gasteiger partial charge in [-0.1, -0.05) is 109 Å². The molecular formula is C35H26. The highest BCUT2D eigenvalue weighted by Crippen LogP contribution is 2.46. The minimum Gasteiger partial charge on any atom is -0.0836 e. The summed E-state index contributed by atoms with van der Waals surface area (Å²) in [5.74, 6) is 0. The van der Waals surface area contributed by atoms with Crippen LogP contribution in [0.25, 0.3) is 60.6 Å². The molecule has 0 aromatic heterocycles. The highest BCUT2D eigenvalue weighted by molar-refractivity contribution is 6.14. The van der Waals surface area contributed by atoms with Crippen molar-refractivity contribution in [1.82, 2.24) is 0 Å². The molecule has 0 unspecified atom stereocenters. The van der Waals surface area contributed by atoms with Crippen molar-refractivity contribution < 1.29 is 0 Å². The lowest BCUT2D eigenvalue weighted by Gasteiger charge is -2.24. The Morgan fingerprint density at radius 3 is 2.17 bits per heavy atom. The number of allylic oxidation sites excluding steroid dienone is 1. The largest absolute Gasteiger partial charge is 0.0836 e. The Kier molecular flexibility index (Phi) is 4.60.